The van der Waals surface area contributed by atoms with Crippen LogP contribution in [0.1, 0.15) is 12.8 Å². The number of ether oxygens (including phenoxy) is 1. The largest absolute Gasteiger partial charge is 0.482 e. The summed E-state index contributed by atoms with van der Waals surface area (Å²) < 4.78 is 5.31. The molecule has 1 aromatic carbocycles. The predicted octanol–water partition coefficient (Wildman–Crippen LogP) is 2.03. The number of hydrogen-bond acceptors (Lipinski definition) is 4. The molecule has 0 radical (unpaired) electrons. The van der Waals surface area contributed by atoms with Gasteiger partial charge in [0.15, 0.2) is 6.61 Å². The van der Waals surface area contributed by atoms with E-state index in [1.165, 1.54) is 0 Å². The zero-order valence-electron chi connectivity index (χ0n) is 11.8. The van der Waals surface area contributed by atoms with Gasteiger partial charge in [0.1, 0.15) is 5.75 Å². The third-order valence-corrected chi connectivity index (χ3v) is 3.93. The van der Waals surface area contributed by atoms with E-state index in [0.717, 1.165) is 19.5 Å². The van der Waals surface area contributed by atoms with Crippen LogP contribution in [0.25, 0.3) is 0 Å². The maximum Gasteiger partial charge on any atom is 0.262 e. The number of nitrogens with one attached hydrogen (secondary N) is 3. The molecule has 1 unspecified atom stereocenters. The van der Waals surface area contributed by atoms with E-state index in [9.17, 15) is 9.59 Å². The fraction of sp³-hybridized carbons (Fsp3) is 0.429. The molecule has 120 valence electrons. The second-order valence-corrected chi connectivity index (χ2v) is 5.68. The Bertz CT molecular complexity index is 589. The van der Waals surface area contributed by atoms with Crippen molar-refractivity contribution in [1.29, 1.82) is 0 Å². The van der Waals surface area contributed by atoms with E-state index in [-0.39, 0.29) is 30.8 Å². The minimum absolute atomic E-state index is 0. The van der Waals surface area contributed by atoms with Crippen LogP contribution in [-0.4, -0.2) is 31.5 Å². The first-order valence-corrected chi connectivity index (χ1v) is 7.26. The first kappa shape index (κ1) is 16.9. The normalized spacial score (nSPS) is 19.5. The molecule has 1 atom stereocenters. The van der Waals surface area contributed by atoms with Crippen LogP contribution in [0.5, 0.6) is 5.75 Å². The van der Waals surface area contributed by atoms with Crippen molar-refractivity contribution in [3.05, 3.63) is 17.2 Å². The van der Waals surface area contributed by atoms with Crippen molar-refractivity contribution in [1.82, 2.24) is 5.32 Å². The maximum absolute atomic E-state index is 12.0. The quantitative estimate of drug-likeness (QED) is 0.783. The van der Waals surface area contributed by atoms with Crippen molar-refractivity contribution in [3.8, 4) is 5.75 Å². The van der Waals surface area contributed by atoms with Crippen LogP contribution in [0.15, 0.2) is 12.1 Å². The predicted molar refractivity (Wildman–Crippen MR) is 87.0 cm³/mol. The van der Waals surface area contributed by atoms with Gasteiger partial charge in [-0.05, 0) is 31.5 Å². The number of carbonyl (C=O) groups excluding carboxylic acids is 2. The Morgan fingerprint density at radius 1 is 1.45 bits per heavy atom. The maximum atomic E-state index is 12.0. The van der Waals surface area contributed by atoms with Gasteiger partial charge in [-0.1, -0.05) is 11.6 Å². The monoisotopic (exact) mass is 345 g/mol. The third-order valence-electron chi connectivity index (χ3n) is 3.61. The smallest absolute Gasteiger partial charge is 0.262 e. The van der Waals surface area contributed by atoms with E-state index in [2.05, 4.69) is 16.0 Å². The van der Waals surface area contributed by atoms with Gasteiger partial charge in [-0.3, -0.25) is 9.59 Å². The van der Waals surface area contributed by atoms with Gasteiger partial charge in [0.2, 0.25) is 5.91 Å². The molecule has 1 fully saturated rings. The average molecular weight is 346 g/mol. The summed E-state index contributed by atoms with van der Waals surface area (Å²) >= 11 is 6.14. The minimum atomic E-state index is -0.218. The molecule has 1 saturated heterocycles. The summed E-state index contributed by atoms with van der Waals surface area (Å²) in [5.74, 6) is 0.600. The van der Waals surface area contributed by atoms with Gasteiger partial charge in [0.05, 0.1) is 16.4 Å². The van der Waals surface area contributed by atoms with Crippen LogP contribution < -0.4 is 20.7 Å². The minimum Gasteiger partial charge on any atom is -0.482 e. The van der Waals surface area contributed by atoms with Gasteiger partial charge in [-0.2, -0.15) is 0 Å². The van der Waals surface area contributed by atoms with Crippen molar-refractivity contribution >= 4 is 47.2 Å². The number of carbonyl (C=O) groups is 2. The van der Waals surface area contributed by atoms with Crippen LogP contribution in [0.2, 0.25) is 5.02 Å². The van der Waals surface area contributed by atoms with E-state index < -0.39 is 0 Å². The molecule has 6 nitrogen and oxygen atoms in total. The lowest BCUT2D eigenvalue weighted by Gasteiger charge is -2.20. The van der Waals surface area contributed by atoms with Gasteiger partial charge in [0.25, 0.3) is 5.91 Å². The number of amides is 2. The zero-order chi connectivity index (χ0) is 14.8. The molecule has 0 bridgehead atoms. The lowest BCUT2D eigenvalue weighted by molar-refractivity contribution is -0.119. The molecule has 3 rings (SSSR count). The van der Waals surface area contributed by atoms with Gasteiger partial charge in [-0.25, -0.2) is 0 Å². The number of hydrogen-bond donors (Lipinski definition) is 3. The fourth-order valence-corrected chi connectivity index (χ4v) is 2.76. The highest BCUT2D eigenvalue weighted by Gasteiger charge is 2.21. The third kappa shape index (κ3) is 3.82. The molecule has 0 saturated carbocycles. The van der Waals surface area contributed by atoms with Crippen LogP contribution in [0.3, 0.4) is 0 Å². The Morgan fingerprint density at radius 2 is 2.27 bits per heavy atom. The SMILES string of the molecule is Cl.O=C(CC1CCNC1)Nc1cc2c(cc1Cl)NC(=O)CO2. The Kier molecular flexibility index (Phi) is 5.50. The molecule has 2 heterocycles. The Labute approximate surface area is 139 Å². The molecule has 1 aromatic rings. The molecule has 0 spiro atoms. The summed E-state index contributed by atoms with van der Waals surface area (Å²) in [4.78, 5) is 23.3. The molecule has 22 heavy (non-hydrogen) atoms. The summed E-state index contributed by atoms with van der Waals surface area (Å²) in [5.41, 5.74) is 1.02. The molecule has 2 aliphatic heterocycles. The number of benzene rings is 1. The lowest BCUT2D eigenvalue weighted by Crippen LogP contribution is -2.25. The van der Waals surface area contributed by atoms with Crippen molar-refractivity contribution in [3.63, 3.8) is 0 Å². The fourth-order valence-electron chi connectivity index (χ4n) is 2.55. The molecular weight excluding hydrogens is 329 g/mol. The first-order valence-electron chi connectivity index (χ1n) is 6.88. The van der Waals surface area contributed by atoms with Crippen molar-refractivity contribution in [2.24, 2.45) is 5.92 Å². The van der Waals surface area contributed by atoms with Crippen LogP contribution in [0.4, 0.5) is 11.4 Å². The second kappa shape index (κ2) is 7.17. The molecule has 3 N–H and O–H groups in total. The molecule has 8 heteroatoms. The van der Waals surface area contributed by atoms with Gasteiger partial charge in [-0.15, -0.1) is 12.4 Å². The van der Waals surface area contributed by atoms with Crippen molar-refractivity contribution < 1.29 is 14.3 Å². The van der Waals surface area contributed by atoms with Gasteiger partial charge >= 0.3 is 0 Å². The zero-order valence-corrected chi connectivity index (χ0v) is 13.4. The van der Waals surface area contributed by atoms with Crippen molar-refractivity contribution in [2.75, 3.05) is 30.3 Å². The molecule has 0 aliphatic carbocycles. The van der Waals surface area contributed by atoms with Gasteiger partial charge < -0.3 is 20.7 Å². The number of halogens is 2. The lowest BCUT2D eigenvalue weighted by atomic mass is 10.0. The Balaban J connectivity index is 0.00000176. The number of anilines is 2. The van der Waals surface area contributed by atoms with E-state index in [0.29, 0.717) is 34.5 Å². The Morgan fingerprint density at radius 3 is 3.00 bits per heavy atom. The molecule has 2 aliphatic rings. The molecule has 0 aromatic heterocycles. The van der Waals surface area contributed by atoms with E-state index in [1.54, 1.807) is 12.1 Å². The van der Waals surface area contributed by atoms with E-state index >= 15 is 0 Å². The standard InChI is InChI=1S/C14H16ClN3O3.ClH/c15-9-4-11-12(21-7-14(20)18-11)5-10(9)17-13(19)3-8-1-2-16-6-8;/h4-5,8,16H,1-3,6-7H2,(H,17,19)(H,18,20);1H. The van der Waals surface area contributed by atoms with Crippen molar-refractivity contribution in [2.45, 2.75) is 12.8 Å². The van der Waals surface area contributed by atoms with Gasteiger partial charge in [0, 0.05) is 12.5 Å². The highest BCUT2D eigenvalue weighted by atomic mass is 35.5. The highest BCUT2D eigenvalue weighted by molar-refractivity contribution is 6.34. The average Bonchev–Trinajstić information content (AvgIpc) is 2.92. The van der Waals surface area contributed by atoms with Crippen LogP contribution in [-0.2, 0) is 9.59 Å². The molecular formula is C14H17Cl2N3O3. The Hall–Kier alpha value is -1.50. The van der Waals surface area contributed by atoms with Crippen LogP contribution >= 0.6 is 24.0 Å². The van der Waals surface area contributed by atoms with E-state index in [1.807, 2.05) is 0 Å². The summed E-state index contributed by atoms with van der Waals surface area (Å²) in [6.45, 7) is 1.81. The number of rotatable bonds is 3. The summed E-state index contributed by atoms with van der Waals surface area (Å²) in [6, 6.07) is 3.22. The second-order valence-electron chi connectivity index (χ2n) is 5.28. The molecule has 2 amide bonds. The summed E-state index contributed by atoms with van der Waals surface area (Å²) in [6.07, 6.45) is 1.48. The summed E-state index contributed by atoms with van der Waals surface area (Å²) in [5, 5.41) is 9.08. The van der Waals surface area contributed by atoms with E-state index in [4.69, 9.17) is 16.3 Å². The number of fused-ring (bicyclic) bond motifs is 1. The first-order chi connectivity index (χ1) is 10.1. The van der Waals surface area contributed by atoms with Crippen LogP contribution in [0, 0.1) is 5.92 Å². The summed E-state index contributed by atoms with van der Waals surface area (Å²) in [7, 11) is 0. The highest BCUT2D eigenvalue weighted by Crippen LogP contribution is 2.36. The topological polar surface area (TPSA) is 79.5 Å².